The Balaban J connectivity index is 2.83. The molecular weight excluding hydrogens is 248 g/mol. The quantitative estimate of drug-likeness (QED) is 0.832. The Kier molecular flexibility index (Phi) is 3.89. The summed E-state index contributed by atoms with van der Waals surface area (Å²) in [6, 6.07) is 2.22. The first kappa shape index (κ1) is 10.7. The highest BCUT2D eigenvalue weighted by Gasteiger charge is 2.17. The summed E-state index contributed by atoms with van der Waals surface area (Å²) in [6.07, 6.45) is 2.43. The van der Waals surface area contributed by atoms with Crippen molar-refractivity contribution in [1.82, 2.24) is 4.98 Å². The van der Waals surface area contributed by atoms with Crippen molar-refractivity contribution in [3.8, 4) is 6.07 Å². The van der Waals surface area contributed by atoms with E-state index in [0.29, 0.717) is 18.3 Å². The summed E-state index contributed by atoms with van der Waals surface area (Å²) < 4.78 is 0.895. The molecule has 0 aliphatic carbocycles. The van der Waals surface area contributed by atoms with Gasteiger partial charge < -0.3 is 0 Å². The molecule has 0 aromatic carbocycles. The Labute approximate surface area is 90.7 Å². The first-order valence-corrected chi connectivity index (χ1v) is 5.74. The van der Waals surface area contributed by atoms with Crippen molar-refractivity contribution >= 4 is 27.3 Å². The van der Waals surface area contributed by atoms with E-state index in [2.05, 4.69) is 40.8 Å². The van der Waals surface area contributed by atoms with Gasteiger partial charge >= 0.3 is 0 Å². The van der Waals surface area contributed by atoms with Crippen molar-refractivity contribution < 1.29 is 0 Å². The number of nitrogens with zero attached hydrogens (tertiary/aromatic N) is 2. The number of aromatic nitrogens is 1. The highest BCUT2D eigenvalue weighted by atomic mass is 79.9. The molecule has 1 unspecified atom stereocenters. The molecule has 70 valence electrons. The van der Waals surface area contributed by atoms with Crippen LogP contribution in [-0.2, 0) is 0 Å². The van der Waals surface area contributed by atoms with Gasteiger partial charge in [0.25, 0.3) is 0 Å². The van der Waals surface area contributed by atoms with E-state index in [1.165, 1.54) is 4.88 Å². The van der Waals surface area contributed by atoms with Crippen LogP contribution in [0.25, 0.3) is 0 Å². The fourth-order valence-corrected chi connectivity index (χ4v) is 2.77. The standard InChI is InChI=1S/C9H11BrN2S/c1-6(2)7(3-4-11)8-5-12-9(10)13-8/h5-7H,3H2,1-2H3. The van der Waals surface area contributed by atoms with E-state index in [1.54, 1.807) is 11.3 Å². The van der Waals surface area contributed by atoms with Crippen LogP contribution in [0, 0.1) is 17.2 Å². The van der Waals surface area contributed by atoms with Crippen LogP contribution >= 0.6 is 27.3 Å². The topological polar surface area (TPSA) is 36.7 Å². The van der Waals surface area contributed by atoms with E-state index in [4.69, 9.17) is 5.26 Å². The molecule has 1 rings (SSSR count). The lowest BCUT2D eigenvalue weighted by Gasteiger charge is -2.14. The smallest absolute Gasteiger partial charge is 0.159 e. The number of thiazole rings is 1. The molecule has 0 saturated heterocycles. The number of hydrogen-bond acceptors (Lipinski definition) is 3. The highest BCUT2D eigenvalue weighted by molar-refractivity contribution is 9.11. The Bertz CT molecular complexity index is 314. The van der Waals surface area contributed by atoms with E-state index >= 15 is 0 Å². The van der Waals surface area contributed by atoms with E-state index in [1.807, 2.05) is 6.20 Å². The van der Waals surface area contributed by atoms with Gasteiger partial charge in [0.1, 0.15) is 0 Å². The van der Waals surface area contributed by atoms with Gasteiger partial charge in [0.2, 0.25) is 0 Å². The number of nitriles is 1. The van der Waals surface area contributed by atoms with Gasteiger partial charge in [0.15, 0.2) is 3.92 Å². The van der Waals surface area contributed by atoms with Crippen molar-refractivity contribution in [3.05, 3.63) is 15.0 Å². The molecule has 1 aromatic rings. The molecule has 0 spiro atoms. The van der Waals surface area contributed by atoms with Gasteiger partial charge in [-0.15, -0.1) is 11.3 Å². The van der Waals surface area contributed by atoms with E-state index in [-0.39, 0.29) is 0 Å². The molecule has 1 aromatic heterocycles. The van der Waals surface area contributed by atoms with Crippen LogP contribution in [0.15, 0.2) is 10.1 Å². The second-order valence-corrected chi connectivity index (χ2v) is 5.57. The minimum Gasteiger partial charge on any atom is -0.237 e. The lowest BCUT2D eigenvalue weighted by molar-refractivity contribution is 0.512. The minimum absolute atomic E-state index is 0.328. The zero-order valence-corrected chi connectivity index (χ0v) is 10.0. The highest BCUT2D eigenvalue weighted by Crippen LogP contribution is 2.33. The van der Waals surface area contributed by atoms with Crippen molar-refractivity contribution in [2.75, 3.05) is 0 Å². The molecule has 0 aliphatic heterocycles. The number of rotatable bonds is 3. The van der Waals surface area contributed by atoms with Crippen LogP contribution in [0.2, 0.25) is 0 Å². The molecule has 1 heterocycles. The predicted molar refractivity (Wildman–Crippen MR) is 57.6 cm³/mol. The predicted octanol–water partition coefficient (Wildman–Crippen LogP) is 3.56. The van der Waals surface area contributed by atoms with Gasteiger partial charge in [0.05, 0.1) is 6.07 Å². The lowest BCUT2D eigenvalue weighted by Crippen LogP contribution is -2.03. The Hall–Kier alpha value is -0.400. The fraction of sp³-hybridized carbons (Fsp3) is 0.556. The maximum absolute atomic E-state index is 8.68. The Morgan fingerprint density at radius 2 is 2.38 bits per heavy atom. The summed E-state index contributed by atoms with van der Waals surface area (Å²) in [5.74, 6) is 0.820. The molecule has 4 heteroatoms. The Morgan fingerprint density at radius 1 is 1.69 bits per heavy atom. The Morgan fingerprint density at radius 3 is 2.77 bits per heavy atom. The average Bonchev–Trinajstić information content (AvgIpc) is 2.46. The van der Waals surface area contributed by atoms with Crippen molar-refractivity contribution in [2.45, 2.75) is 26.2 Å². The minimum atomic E-state index is 0.328. The zero-order valence-electron chi connectivity index (χ0n) is 7.62. The maximum Gasteiger partial charge on any atom is 0.159 e. The van der Waals surface area contributed by atoms with Gasteiger partial charge in [0, 0.05) is 23.4 Å². The fourth-order valence-electron chi connectivity index (χ4n) is 1.20. The van der Waals surface area contributed by atoms with Gasteiger partial charge in [-0.3, -0.25) is 0 Å². The van der Waals surface area contributed by atoms with Gasteiger partial charge in [-0.2, -0.15) is 5.26 Å². The van der Waals surface area contributed by atoms with Crippen LogP contribution in [0.1, 0.15) is 31.1 Å². The monoisotopic (exact) mass is 258 g/mol. The van der Waals surface area contributed by atoms with Crippen LogP contribution < -0.4 is 0 Å². The van der Waals surface area contributed by atoms with Crippen molar-refractivity contribution in [1.29, 1.82) is 5.26 Å². The molecule has 0 fully saturated rings. The molecule has 0 bridgehead atoms. The van der Waals surface area contributed by atoms with E-state index in [9.17, 15) is 0 Å². The molecule has 0 saturated carbocycles. The summed E-state index contributed by atoms with van der Waals surface area (Å²) in [4.78, 5) is 5.33. The van der Waals surface area contributed by atoms with Gasteiger partial charge in [-0.25, -0.2) is 4.98 Å². The van der Waals surface area contributed by atoms with Gasteiger partial charge in [-0.1, -0.05) is 13.8 Å². The molecule has 0 N–H and O–H groups in total. The third kappa shape index (κ3) is 2.78. The molecule has 0 radical (unpaired) electrons. The lowest BCUT2D eigenvalue weighted by atomic mass is 9.92. The molecule has 1 atom stereocenters. The maximum atomic E-state index is 8.68. The van der Waals surface area contributed by atoms with Crippen LogP contribution in [0.3, 0.4) is 0 Å². The second kappa shape index (κ2) is 4.73. The van der Waals surface area contributed by atoms with Crippen molar-refractivity contribution in [3.63, 3.8) is 0 Å². The molecule has 0 aliphatic rings. The SMILES string of the molecule is CC(C)C(CC#N)c1cnc(Br)s1. The van der Waals surface area contributed by atoms with Crippen LogP contribution in [0.4, 0.5) is 0 Å². The summed E-state index contributed by atoms with van der Waals surface area (Å²) in [5, 5.41) is 8.68. The second-order valence-electron chi connectivity index (χ2n) is 3.23. The summed E-state index contributed by atoms with van der Waals surface area (Å²) in [6.45, 7) is 4.27. The summed E-state index contributed by atoms with van der Waals surface area (Å²) in [5.41, 5.74) is 0. The number of hydrogen-bond donors (Lipinski definition) is 0. The third-order valence-corrected chi connectivity index (χ3v) is 3.58. The largest absolute Gasteiger partial charge is 0.237 e. The third-order valence-electron chi connectivity index (χ3n) is 1.98. The summed E-state index contributed by atoms with van der Waals surface area (Å²) in [7, 11) is 0. The number of halogens is 1. The van der Waals surface area contributed by atoms with Crippen LogP contribution in [-0.4, -0.2) is 4.98 Å². The van der Waals surface area contributed by atoms with E-state index < -0.39 is 0 Å². The molecular formula is C9H11BrN2S. The normalized spacial score (nSPS) is 12.8. The molecule has 0 amide bonds. The first-order valence-electron chi connectivity index (χ1n) is 4.13. The molecule has 2 nitrogen and oxygen atoms in total. The van der Waals surface area contributed by atoms with E-state index in [0.717, 1.165) is 3.92 Å². The first-order chi connectivity index (χ1) is 6.15. The summed E-state index contributed by atoms with van der Waals surface area (Å²) >= 11 is 4.94. The van der Waals surface area contributed by atoms with Crippen molar-refractivity contribution in [2.24, 2.45) is 5.92 Å². The van der Waals surface area contributed by atoms with Gasteiger partial charge in [-0.05, 0) is 21.8 Å². The average molecular weight is 259 g/mol. The molecule has 13 heavy (non-hydrogen) atoms. The zero-order chi connectivity index (χ0) is 9.84. The van der Waals surface area contributed by atoms with Crippen LogP contribution in [0.5, 0.6) is 0 Å².